The minimum atomic E-state index is -0.465. The van der Waals surface area contributed by atoms with E-state index in [1.807, 2.05) is 37.8 Å². The first-order chi connectivity index (χ1) is 20.0. The Kier molecular flexibility index (Phi) is 10.5. The van der Waals surface area contributed by atoms with Gasteiger partial charge in [-0.3, -0.25) is 0 Å². The summed E-state index contributed by atoms with van der Waals surface area (Å²) in [5.41, 5.74) is 4.19. The highest BCUT2D eigenvalue weighted by Crippen LogP contribution is 2.43. The van der Waals surface area contributed by atoms with Gasteiger partial charge in [-0.25, -0.2) is 4.79 Å². The van der Waals surface area contributed by atoms with E-state index in [1.54, 1.807) is 20.3 Å². The fourth-order valence-electron chi connectivity index (χ4n) is 7.59. The number of phenols is 2. The smallest absolute Gasteiger partial charge is 0.410 e. The third-order valence-electron chi connectivity index (χ3n) is 9.64. The van der Waals surface area contributed by atoms with Gasteiger partial charge in [0.2, 0.25) is 0 Å². The first-order valence-electron chi connectivity index (χ1n) is 15.5. The summed E-state index contributed by atoms with van der Waals surface area (Å²) >= 11 is 0. The number of amides is 1. The normalized spacial score (nSPS) is 24.5. The zero-order valence-electron chi connectivity index (χ0n) is 26.5. The molecule has 2 aromatic carbocycles. The van der Waals surface area contributed by atoms with E-state index in [2.05, 4.69) is 18.0 Å². The number of phenolic OH excluding ortho intramolecular Hbond substituents is 2. The molecule has 1 amide bonds. The molecule has 0 radical (unpaired) electrons. The van der Waals surface area contributed by atoms with Gasteiger partial charge in [-0.15, -0.1) is 17.0 Å². The number of aromatic hydroxyl groups is 2. The van der Waals surface area contributed by atoms with Crippen LogP contribution in [0.25, 0.3) is 0 Å². The Bertz CT molecular complexity index is 1290. The third kappa shape index (κ3) is 7.03. The van der Waals surface area contributed by atoms with Crippen molar-refractivity contribution in [3.8, 4) is 23.0 Å². The predicted molar refractivity (Wildman–Crippen MR) is 173 cm³/mol. The molecule has 4 atom stereocenters. The molecule has 2 fully saturated rings. The van der Waals surface area contributed by atoms with Crippen molar-refractivity contribution in [2.24, 2.45) is 11.8 Å². The molecule has 2 N–H and O–H groups in total. The summed E-state index contributed by atoms with van der Waals surface area (Å²) in [6, 6.07) is 8.45. The molecule has 9 heteroatoms. The number of piperidine rings is 2. The van der Waals surface area contributed by atoms with Gasteiger partial charge in [0.25, 0.3) is 0 Å². The number of likely N-dealkylation sites (N-methyl/N-ethyl adjacent to an activating group) is 1. The van der Waals surface area contributed by atoms with E-state index in [9.17, 15) is 15.0 Å². The molecule has 8 nitrogen and oxygen atoms in total. The molecule has 0 bridgehead atoms. The standard InChI is InChI=1S/C20H29NO4.C14H19NO2.BrH/c1-20(2,3)25-19(22)21-10-6-7-14-11-15-13(12-16(14)21)8-9-17(23-4)18(15)24-5;1-15-6-2-3-10-7-11-9(8-12(10)15)4-5-13(16)14(11)17;/h8-9,14,16H,6-7,10-12H2,1-5H3;4-5,10,12,16-17H,2-3,6-8H2,1H3;1H/t14-,16-;10-,12-;/m11./s1. The van der Waals surface area contributed by atoms with E-state index in [4.69, 9.17) is 14.2 Å². The van der Waals surface area contributed by atoms with E-state index in [0.717, 1.165) is 62.1 Å². The van der Waals surface area contributed by atoms with Crippen LogP contribution in [0, 0.1) is 11.8 Å². The Hall–Kier alpha value is -2.65. The number of rotatable bonds is 2. The highest BCUT2D eigenvalue weighted by Gasteiger charge is 2.40. The molecule has 2 aromatic rings. The van der Waals surface area contributed by atoms with Gasteiger partial charge in [-0.1, -0.05) is 12.1 Å². The van der Waals surface area contributed by atoms with Crippen molar-refractivity contribution >= 4 is 23.1 Å². The zero-order chi connectivity index (χ0) is 30.2. The molecule has 2 aliphatic carbocycles. The third-order valence-corrected chi connectivity index (χ3v) is 9.64. The number of hydrogen-bond acceptors (Lipinski definition) is 7. The fourth-order valence-corrected chi connectivity index (χ4v) is 7.59. The minimum Gasteiger partial charge on any atom is -0.504 e. The van der Waals surface area contributed by atoms with Crippen LogP contribution in [-0.2, 0) is 30.4 Å². The number of hydrogen-bond donors (Lipinski definition) is 2. The largest absolute Gasteiger partial charge is 0.504 e. The summed E-state index contributed by atoms with van der Waals surface area (Å²) in [6.45, 7) is 7.71. The molecule has 2 aliphatic heterocycles. The molecule has 2 heterocycles. The van der Waals surface area contributed by atoms with Crippen LogP contribution in [0.1, 0.15) is 68.7 Å². The van der Waals surface area contributed by atoms with E-state index in [0.29, 0.717) is 17.9 Å². The number of likely N-dealkylation sites (tertiary alicyclic amines) is 2. The van der Waals surface area contributed by atoms with Crippen LogP contribution >= 0.6 is 17.0 Å². The van der Waals surface area contributed by atoms with Gasteiger partial charge >= 0.3 is 6.09 Å². The molecule has 0 spiro atoms. The van der Waals surface area contributed by atoms with Gasteiger partial charge in [0, 0.05) is 29.8 Å². The molecule has 0 saturated carbocycles. The first-order valence-corrected chi connectivity index (χ1v) is 15.5. The Balaban J connectivity index is 0.000000205. The lowest BCUT2D eigenvalue weighted by Crippen LogP contribution is -2.53. The number of halogens is 1. The van der Waals surface area contributed by atoms with Crippen molar-refractivity contribution in [2.75, 3.05) is 34.4 Å². The van der Waals surface area contributed by atoms with E-state index >= 15 is 0 Å². The maximum absolute atomic E-state index is 12.7. The maximum Gasteiger partial charge on any atom is 0.410 e. The molecule has 6 rings (SSSR count). The van der Waals surface area contributed by atoms with Crippen molar-refractivity contribution in [1.82, 2.24) is 9.80 Å². The van der Waals surface area contributed by atoms with E-state index in [-0.39, 0.29) is 40.6 Å². The average molecular weight is 662 g/mol. The van der Waals surface area contributed by atoms with Crippen LogP contribution in [0.5, 0.6) is 23.0 Å². The summed E-state index contributed by atoms with van der Waals surface area (Å²) in [7, 11) is 5.56. The Labute approximate surface area is 267 Å². The van der Waals surface area contributed by atoms with Crippen LogP contribution in [0.3, 0.4) is 0 Å². The highest BCUT2D eigenvalue weighted by atomic mass is 79.9. The average Bonchev–Trinajstić information content (AvgIpc) is 2.96. The lowest BCUT2D eigenvalue weighted by atomic mass is 9.75. The second kappa shape index (κ2) is 13.6. The van der Waals surface area contributed by atoms with Crippen molar-refractivity contribution in [1.29, 1.82) is 0 Å². The van der Waals surface area contributed by atoms with Gasteiger partial charge in [0.15, 0.2) is 23.0 Å². The minimum absolute atomic E-state index is 0. The number of carbonyl (C=O) groups is 1. The van der Waals surface area contributed by atoms with Crippen LogP contribution in [0.15, 0.2) is 24.3 Å². The lowest BCUT2D eigenvalue weighted by molar-refractivity contribution is -0.00145. The Morgan fingerprint density at radius 1 is 0.837 bits per heavy atom. The summed E-state index contributed by atoms with van der Waals surface area (Å²) in [5, 5.41) is 19.5. The van der Waals surface area contributed by atoms with Crippen molar-refractivity contribution in [2.45, 2.75) is 89.8 Å². The molecule has 238 valence electrons. The number of carbonyl (C=O) groups excluding carboxylic acids is 1. The van der Waals surface area contributed by atoms with Crippen molar-refractivity contribution in [3.63, 3.8) is 0 Å². The monoisotopic (exact) mass is 660 g/mol. The molecule has 43 heavy (non-hydrogen) atoms. The SMILES string of the molecule is Br.CN1CCC[C@@H]2Cc3c(ccc(O)c3O)C[C@H]21.COc1ccc2c(c1OC)C[C@H]1CCCN(C(=O)OC(C)(C)C)[C@@H]1C2. The van der Waals surface area contributed by atoms with E-state index < -0.39 is 5.60 Å². The van der Waals surface area contributed by atoms with Gasteiger partial charge in [0.1, 0.15) is 5.60 Å². The molecular formula is C34H49BrN2O6. The van der Waals surface area contributed by atoms with Crippen LogP contribution < -0.4 is 9.47 Å². The van der Waals surface area contributed by atoms with Crippen LogP contribution in [0.4, 0.5) is 4.79 Å². The Morgan fingerprint density at radius 2 is 1.44 bits per heavy atom. The van der Waals surface area contributed by atoms with Crippen LogP contribution in [-0.4, -0.2) is 78.1 Å². The van der Waals surface area contributed by atoms with Crippen molar-refractivity contribution in [3.05, 3.63) is 46.5 Å². The molecule has 0 aromatic heterocycles. The maximum atomic E-state index is 12.7. The summed E-state index contributed by atoms with van der Waals surface area (Å²) in [4.78, 5) is 17.1. The summed E-state index contributed by atoms with van der Waals surface area (Å²) in [6.07, 6.45) is 8.11. The number of ether oxygens (including phenoxy) is 3. The summed E-state index contributed by atoms with van der Waals surface area (Å²) < 4.78 is 16.7. The number of fused-ring (bicyclic) bond motifs is 4. The van der Waals surface area contributed by atoms with Gasteiger partial charge < -0.3 is 34.2 Å². The topological polar surface area (TPSA) is 91.7 Å². The van der Waals surface area contributed by atoms with E-state index in [1.165, 1.54) is 36.1 Å². The second-order valence-electron chi connectivity index (χ2n) is 13.4. The second-order valence-corrected chi connectivity index (χ2v) is 13.4. The number of methoxy groups -OCH3 is 2. The Morgan fingerprint density at radius 3 is 2.12 bits per heavy atom. The van der Waals surface area contributed by atoms with Gasteiger partial charge in [-0.05, 0) is 121 Å². The fraction of sp³-hybridized carbons (Fsp3) is 0.618. The van der Waals surface area contributed by atoms with Gasteiger partial charge in [0.05, 0.1) is 14.2 Å². The molecule has 2 saturated heterocycles. The summed E-state index contributed by atoms with van der Waals surface area (Å²) in [5.74, 6) is 2.82. The molecule has 0 unspecified atom stereocenters. The number of nitrogens with zero attached hydrogens (tertiary/aromatic N) is 2. The first kappa shape index (κ1) is 33.2. The quantitative estimate of drug-likeness (QED) is 0.365. The van der Waals surface area contributed by atoms with Crippen molar-refractivity contribution < 1.29 is 29.2 Å². The van der Waals surface area contributed by atoms with Gasteiger partial charge in [-0.2, -0.15) is 0 Å². The predicted octanol–water partition coefficient (Wildman–Crippen LogP) is 6.30. The number of benzene rings is 2. The van der Waals surface area contributed by atoms with Crippen LogP contribution in [0.2, 0.25) is 0 Å². The molecule has 4 aliphatic rings. The lowest BCUT2D eigenvalue weighted by Gasteiger charge is -2.44. The highest BCUT2D eigenvalue weighted by molar-refractivity contribution is 8.93. The molecular weight excluding hydrogens is 612 g/mol. The zero-order valence-corrected chi connectivity index (χ0v) is 28.2.